The lowest BCUT2D eigenvalue weighted by molar-refractivity contribution is -0.131. The fourth-order valence-electron chi connectivity index (χ4n) is 3.95. The lowest BCUT2D eigenvalue weighted by atomic mass is 9.58. The van der Waals surface area contributed by atoms with Gasteiger partial charge in [-0.2, -0.15) is 0 Å². The molecule has 1 aliphatic carbocycles. The lowest BCUT2D eigenvalue weighted by Gasteiger charge is -2.49. The first-order valence-corrected chi connectivity index (χ1v) is 8.73. The molecule has 1 fully saturated rings. The van der Waals surface area contributed by atoms with Crippen molar-refractivity contribution < 1.29 is 14.6 Å². The lowest BCUT2D eigenvalue weighted by Crippen LogP contribution is -2.48. The highest BCUT2D eigenvalue weighted by molar-refractivity contribution is 5.81. The molecule has 0 aromatic rings. The van der Waals surface area contributed by atoms with Crippen molar-refractivity contribution >= 4 is 5.97 Å². The van der Waals surface area contributed by atoms with Crippen molar-refractivity contribution in [3.05, 3.63) is 47.3 Å². The molecule has 1 saturated carbocycles. The summed E-state index contributed by atoms with van der Waals surface area (Å²) in [4.78, 5) is 10.6. The number of hydrogen-bond acceptors (Lipinski definition) is 2. The van der Waals surface area contributed by atoms with Crippen molar-refractivity contribution in [2.24, 2.45) is 17.3 Å². The van der Waals surface area contributed by atoms with Gasteiger partial charge in [-0.3, -0.25) is 0 Å². The van der Waals surface area contributed by atoms with Crippen molar-refractivity contribution in [1.29, 1.82) is 0 Å². The van der Waals surface area contributed by atoms with Gasteiger partial charge in [-0.1, -0.05) is 39.0 Å². The van der Waals surface area contributed by atoms with E-state index in [2.05, 4.69) is 33.8 Å². The second-order valence-electron chi connectivity index (χ2n) is 8.12. The Morgan fingerprint density at radius 2 is 2.00 bits per heavy atom. The highest BCUT2D eigenvalue weighted by atomic mass is 16.5. The SMILES string of the molecule is CC(/C=C/C=C(\C)C1=CC2C(C)(CCC(C)C2(C)C)O1)=C\C(=O)O. The molecule has 3 atom stereocenters. The number of carboxylic acids is 1. The molecule has 0 saturated heterocycles. The van der Waals surface area contributed by atoms with E-state index < -0.39 is 5.97 Å². The largest absolute Gasteiger partial charge is 0.487 e. The topological polar surface area (TPSA) is 46.5 Å². The summed E-state index contributed by atoms with van der Waals surface area (Å²) in [6, 6.07) is 0. The number of fused-ring (bicyclic) bond motifs is 1. The molecule has 24 heavy (non-hydrogen) atoms. The number of aliphatic carboxylic acids is 1. The number of allylic oxidation sites excluding steroid dienone is 5. The van der Waals surface area contributed by atoms with Gasteiger partial charge < -0.3 is 9.84 Å². The Labute approximate surface area is 145 Å². The van der Waals surface area contributed by atoms with Gasteiger partial charge >= 0.3 is 5.97 Å². The molecule has 0 bridgehead atoms. The van der Waals surface area contributed by atoms with Crippen LogP contribution < -0.4 is 0 Å². The summed E-state index contributed by atoms with van der Waals surface area (Å²) in [6.07, 6.45) is 11.5. The maximum absolute atomic E-state index is 10.6. The van der Waals surface area contributed by atoms with Crippen LogP contribution in [0.4, 0.5) is 0 Å². The summed E-state index contributed by atoms with van der Waals surface area (Å²) < 4.78 is 6.37. The second kappa shape index (κ2) is 6.62. The second-order valence-corrected chi connectivity index (χ2v) is 8.12. The van der Waals surface area contributed by atoms with E-state index in [9.17, 15) is 4.79 Å². The summed E-state index contributed by atoms with van der Waals surface area (Å²) in [5.41, 5.74) is 1.91. The molecule has 0 aromatic carbocycles. The Bertz CT molecular complexity index is 633. The Morgan fingerprint density at radius 3 is 2.62 bits per heavy atom. The molecule has 3 nitrogen and oxygen atoms in total. The predicted octanol–water partition coefficient (Wildman–Crippen LogP) is 5.26. The van der Waals surface area contributed by atoms with Crippen LogP contribution in [0.5, 0.6) is 0 Å². The van der Waals surface area contributed by atoms with Crippen molar-refractivity contribution in [3.63, 3.8) is 0 Å². The summed E-state index contributed by atoms with van der Waals surface area (Å²) in [5, 5.41) is 8.73. The molecule has 2 rings (SSSR count). The van der Waals surface area contributed by atoms with Crippen molar-refractivity contribution in [3.8, 4) is 0 Å². The number of carboxylic acid groups (broad SMARTS) is 1. The zero-order chi connectivity index (χ0) is 18.1. The smallest absolute Gasteiger partial charge is 0.328 e. The van der Waals surface area contributed by atoms with E-state index in [0.29, 0.717) is 17.4 Å². The highest BCUT2D eigenvalue weighted by Crippen LogP contribution is 2.55. The van der Waals surface area contributed by atoms with Gasteiger partial charge in [-0.25, -0.2) is 4.79 Å². The van der Waals surface area contributed by atoms with E-state index in [4.69, 9.17) is 9.84 Å². The van der Waals surface area contributed by atoms with E-state index in [1.54, 1.807) is 13.0 Å². The summed E-state index contributed by atoms with van der Waals surface area (Å²) in [7, 11) is 0. The van der Waals surface area contributed by atoms with Gasteiger partial charge in [0.2, 0.25) is 0 Å². The Kier molecular flexibility index (Phi) is 5.12. The van der Waals surface area contributed by atoms with E-state index in [1.165, 1.54) is 12.5 Å². The molecule has 2 aliphatic rings. The molecule has 1 N–H and O–H groups in total. The van der Waals surface area contributed by atoms with Gasteiger partial charge in [-0.15, -0.1) is 0 Å². The molecule has 0 amide bonds. The summed E-state index contributed by atoms with van der Waals surface area (Å²) in [6.45, 7) is 13.1. The normalized spacial score (nSPS) is 33.2. The molecule has 0 spiro atoms. The first-order valence-electron chi connectivity index (χ1n) is 8.73. The molecule has 3 unspecified atom stereocenters. The number of rotatable bonds is 4. The Hall–Kier alpha value is -1.77. The van der Waals surface area contributed by atoms with Crippen molar-refractivity contribution in [1.82, 2.24) is 0 Å². The van der Waals surface area contributed by atoms with Gasteiger partial charge in [0.15, 0.2) is 0 Å². The van der Waals surface area contributed by atoms with Crippen molar-refractivity contribution in [2.45, 2.75) is 60.0 Å². The van der Waals surface area contributed by atoms with Gasteiger partial charge in [-0.05, 0) is 62.2 Å². The third-order valence-corrected chi connectivity index (χ3v) is 5.91. The number of ether oxygens (including phenoxy) is 1. The first kappa shape index (κ1) is 18.6. The van der Waals surface area contributed by atoms with Crippen LogP contribution >= 0.6 is 0 Å². The number of hydrogen-bond donors (Lipinski definition) is 1. The average molecular weight is 330 g/mol. The first-order chi connectivity index (χ1) is 11.1. The third-order valence-electron chi connectivity index (χ3n) is 5.91. The third kappa shape index (κ3) is 3.66. The summed E-state index contributed by atoms with van der Waals surface area (Å²) >= 11 is 0. The molecule has 1 aliphatic heterocycles. The van der Waals surface area contributed by atoms with Crippen LogP contribution in [0, 0.1) is 17.3 Å². The van der Waals surface area contributed by atoms with Crippen LogP contribution in [0.2, 0.25) is 0 Å². The standard InChI is InChI=1S/C21H30O3/c1-14(12-19(22)23)8-7-9-15(2)17-13-18-20(4,5)16(3)10-11-21(18,6)24-17/h7-9,12-13,16,18H,10-11H2,1-6H3,(H,22,23)/b8-7+,14-12+,15-9+. The van der Waals surface area contributed by atoms with E-state index >= 15 is 0 Å². The molecule has 1 heterocycles. The van der Waals surface area contributed by atoms with Crippen LogP contribution in [0.25, 0.3) is 0 Å². The Balaban J connectivity index is 2.18. The molecular formula is C21H30O3. The highest BCUT2D eigenvalue weighted by Gasteiger charge is 2.53. The quantitative estimate of drug-likeness (QED) is 0.564. The van der Waals surface area contributed by atoms with Crippen LogP contribution in [0.3, 0.4) is 0 Å². The summed E-state index contributed by atoms with van der Waals surface area (Å²) in [5.74, 6) is 1.15. The van der Waals surface area contributed by atoms with Crippen molar-refractivity contribution in [2.75, 3.05) is 0 Å². The van der Waals surface area contributed by atoms with Crippen LogP contribution in [0.15, 0.2) is 47.3 Å². The fraction of sp³-hybridized carbons (Fsp3) is 0.571. The van der Waals surface area contributed by atoms with Gasteiger partial charge in [0.1, 0.15) is 11.4 Å². The minimum Gasteiger partial charge on any atom is -0.487 e. The van der Waals surface area contributed by atoms with E-state index in [-0.39, 0.29) is 11.0 Å². The average Bonchev–Trinajstić information content (AvgIpc) is 2.82. The zero-order valence-electron chi connectivity index (χ0n) is 15.7. The van der Waals surface area contributed by atoms with E-state index in [0.717, 1.165) is 17.8 Å². The minimum absolute atomic E-state index is 0.108. The number of carbonyl (C=O) groups is 1. The zero-order valence-corrected chi connectivity index (χ0v) is 15.7. The molecule has 0 radical (unpaired) electrons. The molecule has 132 valence electrons. The fourth-order valence-corrected chi connectivity index (χ4v) is 3.95. The maximum atomic E-state index is 10.6. The van der Waals surface area contributed by atoms with E-state index in [1.807, 2.05) is 19.1 Å². The van der Waals surface area contributed by atoms with Crippen LogP contribution in [-0.4, -0.2) is 16.7 Å². The molecular weight excluding hydrogens is 300 g/mol. The van der Waals surface area contributed by atoms with Gasteiger partial charge in [0, 0.05) is 12.0 Å². The van der Waals surface area contributed by atoms with Gasteiger partial charge in [0.05, 0.1) is 0 Å². The Morgan fingerprint density at radius 1 is 1.33 bits per heavy atom. The predicted molar refractivity (Wildman–Crippen MR) is 97.5 cm³/mol. The minimum atomic E-state index is -0.923. The maximum Gasteiger partial charge on any atom is 0.328 e. The van der Waals surface area contributed by atoms with Crippen LogP contribution in [-0.2, 0) is 9.53 Å². The monoisotopic (exact) mass is 330 g/mol. The molecule has 3 heteroatoms. The molecule has 0 aromatic heterocycles. The van der Waals surface area contributed by atoms with Crippen LogP contribution in [0.1, 0.15) is 54.4 Å². The van der Waals surface area contributed by atoms with Gasteiger partial charge in [0.25, 0.3) is 0 Å².